The zero-order chi connectivity index (χ0) is 19.3. The first kappa shape index (κ1) is 18.7. The van der Waals surface area contributed by atoms with Crippen LogP contribution in [0.1, 0.15) is 37.6 Å². The smallest absolute Gasteiger partial charge is 0.268 e. The summed E-state index contributed by atoms with van der Waals surface area (Å²) >= 11 is 5.11. The van der Waals surface area contributed by atoms with Crippen LogP contribution in [-0.2, 0) is 12.8 Å². The third-order valence-corrected chi connectivity index (χ3v) is 7.14. The largest absolute Gasteiger partial charge is 0.293 e. The minimum atomic E-state index is -0.0576. The number of hydrazine groups is 1. The molecule has 27 heavy (non-hydrogen) atoms. The van der Waals surface area contributed by atoms with Gasteiger partial charge in [-0.2, -0.15) is 0 Å². The lowest BCUT2D eigenvalue weighted by molar-refractivity contribution is 0.218. The molecule has 1 aliphatic carbocycles. The molecule has 0 radical (unpaired) electrons. The number of nitrogens with zero attached hydrogens (tertiary/aromatic N) is 2. The second-order valence-electron chi connectivity index (χ2n) is 8.19. The summed E-state index contributed by atoms with van der Waals surface area (Å²) in [6, 6.07) is 7.60. The standard InChI is InChI=1S/C20H23BrN4OS/c1-20(2,3)11-7-8-14-15(9-11)27-17-16(14)18(26)25(19(23-17)24-22)13-6-4-5-12(21)10-13/h4-6,10-11H,7-9,22H2,1-3H3,(H,23,24). The first-order valence-corrected chi connectivity index (χ1v) is 10.7. The lowest BCUT2D eigenvalue weighted by Gasteiger charge is -2.33. The molecule has 7 heteroatoms. The second kappa shape index (κ2) is 6.72. The summed E-state index contributed by atoms with van der Waals surface area (Å²) in [5.74, 6) is 6.69. The highest BCUT2D eigenvalue weighted by Gasteiger charge is 2.32. The Morgan fingerprint density at radius 2 is 2.15 bits per heavy atom. The van der Waals surface area contributed by atoms with Crippen LogP contribution in [0.15, 0.2) is 33.5 Å². The van der Waals surface area contributed by atoms with E-state index in [2.05, 4.69) is 47.1 Å². The van der Waals surface area contributed by atoms with Gasteiger partial charge in [-0.25, -0.2) is 15.4 Å². The Morgan fingerprint density at radius 3 is 2.81 bits per heavy atom. The van der Waals surface area contributed by atoms with E-state index < -0.39 is 0 Å². The van der Waals surface area contributed by atoms with E-state index in [0.717, 1.165) is 39.6 Å². The number of halogens is 1. The van der Waals surface area contributed by atoms with Crippen molar-refractivity contribution in [3.8, 4) is 5.69 Å². The van der Waals surface area contributed by atoms with Gasteiger partial charge in [-0.15, -0.1) is 11.3 Å². The van der Waals surface area contributed by atoms with Crippen LogP contribution in [0.2, 0.25) is 0 Å². The van der Waals surface area contributed by atoms with Crippen molar-refractivity contribution in [2.75, 3.05) is 5.43 Å². The van der Waals surface area contributed by atoms with E-state index in [1.54, 1.807) is 15.9 Å². The minimum absolute atomic E-state index is 0.0576. The first-order valence-electron chi connectivity index (χ1n) is 9.09. The number of aryl methyl sites for hydroxylation is 1. The third-order valence-electron chi connectivity index (χ3n) is 5.50. The average Bonchev–Trinajstić information content (AvgIpc) is 2.98. The van der Waals surface area contributed by atoms with Crippen LogP contribution in [0.4, 0.5) is 5.95 Å². The van der Waals surface area contributed by atoms with E-state index in [9.17, 15) is 4.79 Å². The molecular weight excluding hydrogens is 424 g/mol. The quantitative estimate of drug-likeness (QED) is 0.443. The van der Waals surface area contributed by atoms with Crippen molar-refractivity contribution in [2.45, 2.75) is 40.0 Å². The van der Waals surface area contributed by atoms with E-state index in [4.69, 9.17) is 5.84 Å². The number of nitrogens with two attached hydrogens (primary N) is 1. The molecule has 0 saturated heterocycles. The predicted octanol–water partition coefficient (Wildman–Crippen LogP) is 4.65. The highest BCUT2D eigenvalue weighted by molar-refractivity contribution is 9.10. The summed E-state index contributed by atoms with van der Waals surface area (Å²) in [7, 11) is 0. The molecule has 1 aromatic carbocycles. The molecule has 0 spiro atoms. The summed E-state index contributed by atoms with van der Waals surface area (Å²) in [4.78, 5) is 20.2. The lowest BCUT2D eigenvalue weighted by atomic mass is 9.72. The normalized spacial score (nSPS) is 17.1. The molecule has 1 unspecified atom stereocenters. The highest BCUT2D eigenvalue weighted by Crippen LogP contribution is 2.42. The molecule has 1 atom stereocenters. The average molecular weight is 447 g/mol. The molecule has 142 valence electrons. The van der Waals surface area contributed by atoms with Gasteiger partial charge in [-0.3, -0.25) is 10.2 Å². The number of fused-ring (bicyclic) bond motifs is 3. The van der Waals surface area contributed by atoms with Gasteiger partial charge in [0.15, 0.2) is 0 Å². The fourth-order valence-corrected chi connectivity index (χ4v) is 5.59. The SMILES string of the molecule is CC(C)(C)C1CCc2c(sc3nc(NN)n(-c4cccc(Br)c4)c(=O)c23)C1. The topological polar surface area (TPSA) is 72.9 Å². The van der Waals surface area contributed by atoms with Crippen molar-refractivity contribution in [2.24, 2.45) is 17.2 Å². The van der Waals surface area contributed by atoms with E-state index in [-0.39, 0.29) is 11.0 Å². The highest BCUT2D eigenvalue weighted by atomic mass is 79.9. The molecule has 1 aliphatic rings. The second-order valence-corrected chi connectivity index (χ2v) is 10.2. The van der Waals surface area contributed by atoms with Gasteiger partial charge in [-0.1, -0.05) is 42.8 Å². The Balaban J connectivity index is 1.93. The number of anilines is 1. The maximum absolute atomic E-state index is 13.5. The Labute approximate surface area is 170 Å². The Kier molecular flexibility index (Phi) is 4.64. The number of hydrogen-bond acceptors (Lipinski definition) is 5. The van der Waals surface area contributed by atoms with Gasteiger partial charge >= 0.3 is 0 Å². The van der Waals surface area contributed by atoms with Gasteiger partial charge in [0.1, 0.15) is 4.83 Å². The lowest BCUT2D eigenvalue weighted by Crippen LogP contribution is -2.28. The van der Waals surface area contributed by atoms with Gasteiger partial charge in [0, 0.05) is 9.35 Å². The predicted molar refractivity (Wildman–Crippen MR) is 116 cm³/mol. The van der Waals surface area contributed by atoms with Crippen LogP contribution in [0.5, 0.6) is 0 Å². The maximum Gasteiger partial charge on any atom is 0.268 e. The molecular formula is C20H23BrN4OS. The number of rotatable bonds is 2. The molecule has 0 bridgehead atoms. The zero-order valence-electron chi connectivity index (χ0n) is 15.7. The first-order chi connectivity index (χ1) is 12.8. The van der Waals surface area contributed by atoms with Crippen LogP contribution in [0.3, 0.4) is 0 Å². The minimum Gasteiger partial charge on any atom is -0.293 e. The fourth-order valence-electron chi connectivity index (χ4n) is 3.92. The molecule has 3 aromatic rings. The molecule has 0 amide bonds. The van der Waals surface area contributed by atoms with Crippen LogP contribution in [-0.4, -0.2) is 9.55 Å². The van der Waals surface area contributed by atoms with Crippen molar-refractivity contribution in [1.82, 2.24) is 9.55 Å². The van der Waals surface area contributed by atoms with E-state index in [0.29, 0.717) is 11.9 Å². The number of nitrogen functional groups attached to an aromatic ring is 1. The number of benzene rings is 1. The summed E-state index contributed by atoms with van der Waals surface area (Å²) in [6.45, 7) is 6.89. The van der Waals surface area contributed by atoms with Crippen molar-refractivity contribution < 1.29 is 0 Å². The Bertz CT molecular complexity index is 1080. The molecule has 3 N–H and O–H groups in total. The van der Waals surface area contributed by atoms with Gasteiger partial charge < -0.3 is 0 Å². The third kappa shape index (κ3) is 3.22. The zero-order valence-corrected chi connectivity index (χ0v) is 18.1. The van der Waals surface area contributed by atoms with Crippen LogP contribution in [0.25, 0.3) is 15.9 Å². The van der Waals surface area contributed by atoms with Crippen LogP contribution in [0, 0.1) is 11.3 Å². The van der Waals surface area contributed by atoms with Crippen molar-refractivity contribution in [3.05, 3.63) is 49.5 Å². The summed E-state index contributed by atoms with van der Waals surface area (Å²) < 4.78 is 2.46. The van der Waals surface area contributed by atoms with E-state index in [1.807, 2.05) is 24.3 Å². The molecule has 0 fully saturated rings. The molecule has 0 aliphatic heterocycles. The van der Waals surface area contributed by atoms with E-state index in [1.165, 1.54) is 10.4 Å². The van der Waals surface area contributed by atoms with Crippen LogP contribution < -0.4 is 16.8 Å². The molecule has 5 nitrogen and oxygen atoms in total. The summed E-state index contributed by atoms with van der Waals surface area (Å²) in [5, 5.41) is 0.751. The summed E-state index contributed by atoms with van der Waals surface area (Å²) in [6.07, 6.45) is 3.05. The number of hydrogen-bond donors (Lipinski definition) is 2. The number of aromatic nitrogens is 2. The Morgan fingerprint density at radius 1 is 1.37 bits per heavy atom. The van der Waals surface area contributed by atoms with Gasteiger partial charge in [-0.05, 0) is 54.4 Å². The summed E-state index contributed by atoms with van der Waals surface area (Å²) in [5.41, 5.74) is 4.73. The van der Waals surface area contributed by atoms with Gasteiger partial charge in [0.2, 0.25) is 5.95 Å². The Hall–Kier alpha value is -1.70. The molecule has 4 rings (SSSR count). The van der Waals surface area contributed by atoms with Gasteiger partial charge in [0.05, 0.1) is 11.1 Å². The van der Waals surface area contributed by atoms with E-state index >= 15 is 0 Å². The van der Waals surface area contributed by atoms with Crippen molar-refractivity contribution >= 4 is 43.4 Å². The molecule has 2 aromatic heterocycles. The van der Waals surface area contributed by atoms with Crippen molar-refractivity contribution in [1.29, 1.82) is 0 Å². The van der Waals surface area contributed by atoms with Crippen molar-refractivity contribution in [3.63, 3.8) is 0 Å². The van der Waals surface area contributed by atoms with Gasteiger partial charge in [0.25, 0.3) is 5.56 Å². The number of thiophene rings is 1. The monoisotopic (exact) mass is 446 g/mol. The molecule has 2 heterocycles. The molecule has 0 saturated carbocycles. The number of nitrogens with one attached hydrogen (secondary N) is 1. The fraction of sp³-hybridized carbons (Fsp3) is 0.400. The maximum atomic E-state index is 13.5. The van der Waals surface area contributed by atoms with Crippen LogP contribution >= 0.6 is 27.3 Å².